The minimum Gasteiger partial charge on any atom is -0.465 e. The van der Waals surface area contributed by atoms with Gasteiger partial charge in [0.15, 0.2) is 0 Å². The van der Waals surface area contributed by atoms with E-state index < -0.39 is 0 Å². The zero-order valence-electron chi connectivity index (χ0n) is 9.28. The third-order valence-corrected chi connectivity index (χ3v) is 2.81. The molecule has 1 aliphatic heterocycles. The maximum Gasteiger partial charge on any atom is 0.338 e. The molecule has 2 heterocycles. The lowest BCUT2D eigenvalue weighted by Gasteiger charge is -2.11. The predicted octanol–water partition coefficient (Wildman–Crippen LogP) is 1.13. The van der Waals surface area contributed by atoms with Crippen molar-refractivity contribution < 1.29 is 9.53 Å². The second-order valence-electron chi connectivity index (χ2n) is 4.19. The van der Waals surface area contributed by atoms with Crippen molar-refractivity contribution in [3.05, 3.63) is 23.4 Å². The smallest absolute Gasteiger partial charge is 0.338 e. The molecule has 1 fully saturated rings. The van der Waals surface area contributed by atoms with Gasteiger partial charge in [-0.2, -0.15) is 0 Å². The van der Waals surface area contributed by atoms with Gasteiger partial charge in [0.25, 0.3) is 0 Å². The molecular formula is C11H15N2O2+. The Morgan fingerprint density at radius 3 is 2.67 bits per heavy atom. The van der Waals surface area contributed by atoms with Crippen LogP contribution in [-0.2, 0) is 4.74 Å². The van der Waals surface area contributed by atoms with Crippen LogP contribution < -0.4 is 4.48 Å². The maximum atomic E-state index is 11.4. The number of rotatable bonds is 2. The number of carbonyl (C=O) groups is 1. The molecule has 0 bridgehead atoms. The molecule has 80 valence electrons. The number of hydrogen-bond acceptors (Lipinski definition) is 3. The number of esters is 1. The molecule has 4 heteroatoms. The van der Waals surface area contributed by atoms with E-state index in [0.29, 0.717) is 5.56 Å². The number of methoxy groups -OCH3 is 1. The van der Waals surface area contributed by atoms with Gasteiger partial charge >= 0.3 is 5.97 Å². The number of aryl methyl sites for hydroxylation is 1. The number of likely N-dealkylation sites (N-methyl/N-ethyl adjacent to an activating group) is 1. The van der Waals surface area contributed by atoms with Gasteiger partial charge in [-0.1, -0.05) is 0 Å². The summed E-state index contributed by atoms with van der Waals surface area (Å²) in [6.45, 7) is 4.08. The Hall–Kier alpha value is -1.42. The van der Waals surface area contributed by atoms with E-state index >= 15 is 0 Å². The molecule has 0 unspecified atom stereocenters. The SMILES string of the molecule is COC(=O)c1cc(C)nc([N+]2(C)CC2)c1. The Bertz CT molecular complexity index is 411. The Morgan fingerprint density at radius 1 is 1.47 bits per heavy atom. The minimum absolute atomic E-state index is 0.296. The summed E-state index contributed by atoms with van der Waals surface area (Å²) in [5, 5.41) is 0. The number of aromatic nitrogens is 1. The molecular weight excluding hydrogens is 192 g/mol. The van der Waals surface area contributed by atoms with Crippen molar-refractivity contribution in [3.63, 3.8) is 0 Å². The van der Waals surface area contributed by atoms with Crippen LogP contribution in [0, 0.1) is 6.92 Å². The molecule has 0 aromatic carbocycles. The summed E-state index contributed by atoms with van der Waals surface area (Å²) in [7, 11) is 3.51. The summed E-state index contributed by atoms with van der Waals surface area (Å²) in [4.78, 5) is 15.9. The lowest BCUT2D eigenvalue weighted by Crippen LogP contribution is -2.21. The molecule has 1 aromatic rings. The summed E-state index contributed by atoms with van der Waals surface area (Å²) in [6.07, 6.45) is 0. The summed E-state index contributed by atoms with van der Waals surface area (Å²) < 4.78 is 5.53. The van der Waals surface area contributed by atoms with E-state index in [-0.39, 0.29) is 5.97 Å². The molecule has 0 aliphatic carbocycles. The zero-order chi connectivity index (χ0) is 11.1. The molecule has 2 rings (SSSR count). The predicted molar refractivity (Wildman–Crippen MR) is 57.8 cm³/mol. The van der Waals surface area contributed by atoms with Gasteiger partial charge in [-0.15, -0.1) is 0 Å². The topological polar surface area (TPSA) is 39.2 Å². The van der Waals surface area contributed by atoms with Crippen molar-refractivity contribution in [2.75, 3.05) is 27.2 Å². The van der Waals surface area contributed by atoms with E-state index in [1.165, 1.54) is 7.11 Å². The van der Waals surface area contributed by atoms with Gasteiger partial charge in [-0.25, -0.2) is 9.78 Å². The van der Waals surface area contributed by atoms with Crippen LogP contribution in [0.5, 0.6) is 0 Å². The van der Waals surface area contributed by atoms with Crippen LogP contribution in [0.1, 0.15) is 16.1 Å². The molecule has 1 aromatic heterocycles. The highest BCUT2D eigenvalue weighted by Gasteiger charge is 2.41. The van der Waals surface area contributed by atoms with E-state index in [2.05, 4.69) is 12.0 Å². The number of carbonyl (C=O) groups excluding carboxylic acids is 1. The molecule has 0 amide bonds. The van der Waals surface area contributed by atoms with Crippen molar-refractivity contribution in [2.45, 2.75) is 6.92 Å². The van der Waals surface area contributed by atoms with Crippen LogP contribution in [-0.4, -0.2) is 38.2 Å². The first-order valence-electron chi connectivity index (χ1n) is 4.97. The van der Waals surface area contributed by atoms with Crippen LogP contribution in [0.15, 0.2) is 12.1 Å². The van der Waals surface area contributed by atoms with E-state index in [9.17, 15) is 4.79 Å². The normalized spacial score (nSPS) is 17.3. The Kier molecular flexibility index (Phi) is 2.23. The average molecular weight is 207 g/mol. The Labute approximate surface area is 89.1 Å². The van der Waals surface area contributed by atoms with E-state index in [4.69, 9.17) is 4.74 Å². The molecule has 0 atom stereocenters. The van der Waals surface area contributed by atoms with Crippen molar-refractivity contribution in [1.29, 1.82) is 0 Å². The maximum absolute atomic E-state index is 11.4. The van der Waals surface area contributed by atoms with Crippen LogP contribution in [0.2, 0.25) is 0 Å². The second kappa shape index (κ2) is 3.31. The Balaban J connectivity index is 2.41. The average Bonchev–Trinajstić information content (AvgIpc) is 2.96. The van der Waals surface area contributed by atoms with Crippen molar-refractivity contribution in [1.82, 2.24) is 9.47 Å². The second-order valence-corrected chi connectivity index (χ2v) is 4.19. The molecule has 0 N–H and O–H groups in total. The molecule has 15 heavy (non-hydrogen) atoms. The van der Waals surface area contributed by atoms with Gasteiger partial charge in [-0.3, -0.25) is 4.48 Å². The standard InChI is InChI=1S/C11H15N2O2/c1-8-6-9(11(14)15-3)7-10(12-8)13(2)4-5-13/h6-7H,4-5H2,1-3H3/q+1. The van der Waals surface area contributed by atoms with Gasteiger partial charge in [0.05, 0.1) is 19.7 Å². The van der Waals surface area contributed by atoms with Gasteiger partial charge in [-0.05, 0) is 13.0 Å². The Morgan fingerprint density at radius 2 is 2.13 bits per heavy atom. The third-order valence-electron chi connectivity index (χ3n) is 2.81. The van der Waals surface area contributed by atoms with E-state index in [1.807, 2.05) is 13.0 Å². The van der Waals surface area contributed by atoms with Crippen LogP contribution in [0.3, 0.4) is 0 Å². The van der Waals surface area contributed by atoms with Gasteiger partial charge in [0.1, 0.15) is 13.1 Å². The van der Waals surface area contributed by atoms with Crippen LogP contribution in [0.4, 0.5) is 5.82 Å². The fourth-order valence-electron chi connectivity index (χ4n) is 1.54. The summed E-state index contributed by atoms with van der Waals surface area (Å²) in [5.74, 6) is 0.658. The highest BCUT2D eigenvalue weighted by atomic mass is 16.5. The van der Waals surface area contributed by atoms with E-state index in [0.717, 1.165) is 29.1 Å². The van der Waals surface area contributed by atoms with Gasteiger partial charge < -0.3 is 4.74 Å². The first kappa shape index (κ1) is 10.1. The molecule has 1 aliphatic rings. The largest absolute Gasteiger partial charge is 0.465 e. The third kappa shape index (κ3) is 1.85. The van der Waals surface area contributed by atoms with Crippen LogP contribution in [0.25, 0.3) is 0 Å². The number of nitrogens with zero attached hydrogens (tertiary/aromatic N) is 2. The first-order valence-corrected chi connectivity index (χ1v) is 4.97. The summed E-state index contributed by atoms with van der Waals surface area (Å²) in [5.41, 5.74) is 1.45. The fraction of sp³-hybridized carbons (Fsp3) is 0.455. The molecule has 4 nitrogen and oxygen atoms in total. The van der Waals surface area contributed by atoms with Crippen molar-refractivity contribution >= 4 is 11.8 Å². The highest BCUT2D eigenvalue weighted by molar-refractivity contribution is 5.90. The number of hydrogen-bond donors (Lipinski definition) is 0. The van der Waals surface area contributed by atoms with Crippen molar-refractivity contribution in [2.24, 2.45) is 0 Å². The lowest BCUT2D eigenvalue weighted by atomic mass is 10.2. The number of ether oxygens (including phenoxy) is 1. The lowest BCUT2D eigenvalue weighted by molar-refractivity contribution is 0.0600. The first-order chi connectivity index (χ1) is 7.05. The number of quaternary nitrogens is 1. The highest BCUT2D eigenvalue weighted by Crippen LogP contribution is 2.28. The monoisotopic (exact) mass is 207 g/mol. The summed E-state index contributed by atoms with van der Waals surface area (Å²) >= 11 is 0. The molecule has 0 saturated carbocycles. The van der Waals surface area contributed by atoms with Crippen molar-refractivity contribution in [3.8, 4) is 0 Å². The van der Waals surface area contributed by atoms with Gasteiger partial charge in [0.2, 0.25) is 5.82 Å². The molecule has 0 radical (unpaired) electrons. The molecule has 1 saturated heterocycles. The quantitative estimate of drug-likeness (QED) is 0.414. The zero-order valence-corrected chi connectivity index (χ0v) is 9.28. The minimum atomic E-state index is -0.296. The van der Waals surface area contributed by atoms with Gasteiger partial charge in [0, 0.05) is 11.8 Å². The van der Waals surface area contributed by atoms with Crippen LogP contribution >= 0.6 is 0 Å². The van der Waals surface area contributed by atoms with E-state index in [1.54, 1.807) is 6.07 Å². The summed E-state index contributed by atoms with van der Waals surface area (Å²) in [6, 6.07) is 3.58. The number of pyridine rings is 1. The fourth-order valence-corrected chi connectivity index (χ4v) is 1.54. The molecule has 0 spiro atoms.